The van der Waals surface area contributed by atoms with Crippen LogP contribution in [0.2, 0.25) is 5.15 Å². The molecular weight excluding hydrogens is 391 g/mol. The van der Waals surface area contributed by atoms with Crippen molar-refractivity contribution in [2.24, 2.45) is 7.05 Å². The van der Waals surface area contributed by atoms with Crippen LogP contribution in [-0.2, 0) is 11.8 Å². The third-order valence-corrected chi connectivity index (χ3v) is 4.99. The zero-order valence-corrected chi connectivity index (χ0v) is 16.4. The molecule has 0 saturated heterocycles. The first-order chi connectivity index (χ1) is 12.9. The fraction of sp³-hybridized carbons (Fsp3) is 0.167. The Labute approximate surface area is 164 Å². The van der Waals surface area contributed by atoms with E-state index in [-0.39, 0.29) is 11.7 Å². The van der Waals surface area contributed by atoms with Gasteiger partial charge in [0.25, 0.3) is 0 Å². The van der Waals surface area contributed by atoms with Gasteiger partial charge in [-0.1, -0.05) is 11.6 Å². The summed E-state index contributed by atoms with van der Waals surface area (Å²) in [5.41, 5.74) is 2.57. The molecule has 0 aliphatic rings. The molecule has 1 aromatic carbocycles. The summed E-state index contributed by atoms with van der Waals surface area (Å²) in [6, 6.07) is 4.58. The molecule has 1 amide bonds. The van der Waals surface area contributed by atoms with Gasteiger partial charge in [-0.05, 0) is 31.2 Å². The average Bonchev–Trinajstić information content (AvgIpc) is 3.18. The van der Waals surface area contributed by atoms with E-state index in [1.165, 1.54) is 41.3 Å². The van der Waals surface area contributed by atoms with Crippen molar-refractivity contribution in [1.29, 1.82) is 0 Å². The highest BCUT2D eigenvalue weighted by Gasteiger charge is 2.11. The molecule has 1 N–H and O–H groups in total. The Morgan fingerprint density at radius 1 is 1.44 bits per heavy atom. The number of aromatic nitrogens is 3. The molecule has 0 aliphatic heterocycles. The lowest BCUT2D eigenvalue weighted by Crippen LogP contribution is -2.07. The standard InChI is InChI=1S/C18H16ClFN4O2S/c1-10-12(17(19)24(2)23-10)5-7-16(25)22-18-21-14(9-27-18)11-4-6-15(26-3)13(20)8-11/h4-9H,1-3H3,(H,21,22,25)/b7-5+. The van der Waals surface area contributed by atoms with E-state index in [1.807, 2.05) is 6.92 Å². The van der Waals surface area contributed by atoms with Gasteiger partial charge in [0.2, 0.25) is 5.91 Å². The van der Waals surface area contributed by atoms with Gasteiger partial charge in [-0.2, -0.15) is 5.10 Å². The number of benzene rings is 1. The maximum atomic E-state index is 13.8. The number of carbonyl (C=O) groups is 1. The molecule has 0 spiro atoms. The lowest BCUT2D eigenvalue weighted by molar-refractivity contribution is -0.111. The highest BCUT2D eigenvalue weighted by Crippen LogP contribution is 2.28. The minimum absolute atomic E-state index is 0.164. The fourth-order valence-corrected chi connectivity index (χ4v) is 3.39. The lowest BCUT2D eigenvalue weighted by Gasteiger charge is -2.03. The van der Waals surface area contributed by atoms with Crippen LogP contribution in [0.4, 0.5) is 9.52 Å². The van der Waals surface area contributed by atoms with E-state index in [1.54, 1.807) is 24.6 Å². The zero-order chi connectivity index (χ0) is 19.6. The Kier molecular flexibility index (Phi) is 5.57. The number of nitrogens with one attached hydrogen (secondary N) is 1. The fourth-order valence-electron chi connectivity index (χ4n) is 2.43. The third-order valence-electron chi connectivity index (χ3n) is 3.78. The quantitative estimate of drug-likeness (QED) is 0.641. The number of carbonyl (C=O) groups excluding carboxylic acids is 1. The number of amides is 1. The molecule has 2 aromatic heterocycles. The molecule has 0 radical (unpaired) electrons. The molecule has 27 heavy (non-hydrogen) atoms. The number of ether oxygens (including phenoxy) is 1. The zero-order valence-electron chi connectivity index (χ0n) is 14.8. The summed E-state index contributed by atoms with van der Waals surface area (Å²) in [5, 5.41) is 9.46. The van der Waals surface area contributed by atoms with Crippen molar-refractivity contribution >= 4 is 40.1 Å². The Bertz CT molecular complexity index is 1030. The van der Waals surface area contributed by atoms with Crippen molar-refractivity contribution in [1.82, 2.24) is 14.8 Å². The van der Waals surface area contributed by atoms with Crippen molar-refractivity contribution in [2.45, 2.75) is 6.92 Å². The van der Waals surface area contributed by atoms with E-state index >= 15 is 0 Å². The Morgan fingerprint density at radius 3 is 2.85 bits per heavy atom. The second-order valence-electron chi connectivity index (χ2n) is 5.62. The van der Waals surface area contributed by atoms with Crippen molar-refractivity contribution in [3.05, 3.63) is 51.9 Å². The maximum absolute atomic E-state index is 13.8. The van der Waals surface area contributed by atoms with E-state index in [0.717, 1.165) is 5.69 Å². The molecule has 6 nitrogen and oxygen atoms in total. The van der Waals surface area contributed by atoms with Gasteiger partial charge in [-0.25, -0.2) is 9.37 Å². The van der Waals surface area contributed by atoms with Crippen LogP contribution in [0, 0.1) is 12.7 Å². The highest BCUT2D eigenvalue weighted by atomic mass is 35.5. The molecule has 0 aliphatic carbocycles. The second kappa shape index (κ2) is 7.89. The summed E-state index contributed by atoms with van der Waals surface area (Å²) >= 11 is 7.38. The van der Waals surface area contributed by atoms with Gasteiger partial charge in [0.05, 0.1) is 18.5 Å². The number of thiazole rings is 1. The molecule has 3 rings (SSSR count). The summed E-state index contributed by atoms with van der Waals surface area (Å²) in [6.07, 6.45) is 2.97. The summed E-state index contributed by atoms with van der Waals surface area (Å²) in [7, 11) is 3.13. The van der Waals surface area contributed by atoms with Crippen LogP contribution in [0.5, 0.6) is 5.75 Å². The first-order valence-electron chi connectivity index (χ1n) is 7.86. The lowest BCUT2D eigenvalue weighted by atomic mass is 10.1. The van der Waals surface area contributed by atoms with E-state index in [2.05, 4.69) is 15.4 Å². The maximum Gasteiger partial charge on any atom is 0.250 e. The summed E-state index contributed by atoms with van der Waals surface area (Å²) in [6.45, 7) is 1.81. The van der Waals surface area contributed by atoms with Crippen LogP contribution < -0.4 is 10.1 Å². The molecule has 0 fully saturated rings. The van der Waals surface area contributed by atoms with Crippen LogP contribution in [-0.4, -0.2) is 27.8 Å². The molecule has 3 aromatic rings. The summed E-state index contributed by atoms with van der Waals surface area (Å²) in [4.78, 5) is 16.4. The minimum atomic E-state index is -0.472. The predicted octanol–water partition coefficient (Wildman–Crippen LogP) is 4.31. The Balaban J connectivity index is 1.71. The first kappa shape index (κ1) is 19.1. The van der Waals surface area contributed by atoms with Gasteiger partial charge in [-0.3, -0.25) is 14.8 Å². The van der Waals surface area contributed by atoms with Gasteiger partial charge in [-0.15, -0.1) is 11.3 Å². The molecule has 2 heterocycles. The minimum Gasteiger partial charge on any atom is -0.494 e. The number of hydrogen-bond donors (Lipinski definition) is 1. The van der Waals surface area contributed by atoms with Crippen LogP contribution >= 0.6 is 22.9 Å². The van der Waals surface area contributed by atoms with Crippen LogP contribution in [0.15, 0.2) is 29.7 Å². The van der Waals surface area contributed by atoms with Gasteiger partial charge < -0.3 is 4.74 Å². The number of rotatable bonds is 5. The SMILES string of the molecule is COc1ccc(-c2csc(NC(=O)/C=C/c3c(C)nn(C)c3Cl)n2)cc1F. The number of hydrogen-bond acceptors (Lipinski definition) is 5. The van der Waals surface area contributed by atoms with Crippen molar-refractivity contribution in [3.63, 3.8) is 0 Å². The summed E-state index contributed by atoms with van der Waals surface area (Å²) in [5.74, 6) is -0.659. The van der Waals surface area contributed by atoms with Gasteiger partial charge in [0.1, 0.15) is 5.15 Å². The van der Waals surface area contributed by atoms with Crippen molar-refractivity contribution in [3.8, 4) is 17.0 Å². The Morgan fingerprint density at radius 2 is 2.22 bits per heavy atom. The van der Waals surface area contributed by atoms with Crippen LogP contribution in [0.1, 0.15) is 11.3 Å². The topological polar surface area (TPSA) is 69.0 Å². The van der Waals surface area contributed by atoms with Crippen molar-refractivity contribution < 1.29 is 13.9 Å². The van der Waals surface area contributed by atoms with Gasteiger partial charge in [0.15, 0.2) is 16.7 Å². The predicted molar refractivity (Wildman–Crippen MR) is 105 cm³/mol. The van der Waals surface area contributed by atoms with Crippen molar-refractivity contribution in [2.75, 3.05) is 12.4 Å². The normalized spacial score (nSPS) is 11.1. The van der Waals surface area contributed by atoms with Crippen LogP contribution in [0.25, 0.3) is 17.3 Å². The van der Waals surface area contributed by atoms with E-state index in [9.17, 15) is 9.18 Å². The third kappa shape index (κ3) is 4.17. The van der Waals surface area contributed by atoms with E-state index in [0.29, 0.717) is 27.1 Å². The molecule has 9 heteroatoms. The number of halogens is 2. The first-order valence-corrected chi connectivity index (χ1v) is 9.12. The molecule has 0 saturated carbocycles. The Hall–Kier alpha value is -2.71. The summed E-state index contributed by atoms with van der Waals surface area (Å²) < 4.78 is 20.3. The van der Waals surface area contributed by atoms with Gasteiger partial charge in [0, 0.05) is 29.6 Å². The number of nitrogens with zero attached hydrogens (tertiary/aromatic N) is 3. The second-order valence-corrected chi connectivity index (χ2v) is 6.84. The molecular formula is C18H16ClFN4O2S. The number of aryl methyl sites for hydroxylation is 2. The molecule has 0 bridgehead atoms. The molecule has 0 unspecified atom stereocenters. The van der Waals surface area contributed by atoms with Gasteiger partial charge >= 0.3 is 0 Å². The number of anilines is 1. The number of methoxy groups -OCH3 is 1. The monoisotopic (exact) mass is 406 g/mol. The average molecular weight is 407 g/mol. The smallest absolute Gasteiger partial charge is 0.250 e. The van der Waals surface area contributed by atoms with E-state index in [4.69, 9.17) is 16.3 Å². The molecule has 140 valence electrons. The molecule has 0 atom stereocenters. The highest BCUT2D eigenvalue weighted by molar-refractivity contribution is 7.14. The van der Waals surface area contributed by atoms with E-state index < -0.39 is 5.82 Å². The van der Waals surface area contributed by atoms with Crippen LogP contribution in [0.3, 0.4) is 0 Å². The largest absolute Gasteiger partial charge is 0.494 e.